The van der Waals surface area contributed by atoms with E-state index in [-0.39, 0.29) is 35.8 Å². The topological polar surface area (TPSA) is 90.0 Å². The van der Waals surface area contributed by atoms with Gasteiger partial charge in [-0.1, -0.05) is 51.1 Å². The summed E-state index contributed by atoms with van der Waals surface area (Å²) in [6, 6.07) is 15.5. The van der Waals surface area contributed by atoms with Crippen molar-refractivity contribution in [2.24, 2.45) is 0 Å². The summed E-state index contributed by atoms with van der Waals surface area (Å²) in [5, 5.41) is 0. The molecule has 0 fully saturated rings. The van der Waals surface area contributed by atoms with Gasteiger partial charge in [-0.3, -0.25) is 0 Å². The van der Waals surface area contributed by atoms with Gasteiger partial charge in [0, 0.05) is 20.2 Å². The summed E-state index contributed by atoms with van der Waals surface area (Å²) in [4.78, 5) is -0.572. The number of sulfonamides is 1. The lowest BCUT2D eigenvalue weighted by Crippen LogP contribution is -2.33. The molecule has 39 heavy (non-hydrogen) atoms. The van der Waals surface area contributed by atoms with Gasteiger partial charge in [-0.05, 0) is 59.0 Å². The van der Waals surface area contributed by atoms with Crippen LogP contribution in [0.1, 0.15) is 37.5 Å². The summed E-state index contributed by atoms with van der Waals surface area (Å²) < 4.78 is 103. The van der Waals surface area contributed by atoms with Crippen LogP contribution in [-0.4, -0.2) is 41.4 Å². The lowest BCUT2D eigenvalue weighted by molar-refractivity contribution is -0.137. The van der Waals surface area contributed by atoms with E-state index in [0.717, 1.165) is 23.8 Å². The summed E-state index contributed by atoms with van der Waals surface area (Å²) in [6.45, 7) is 6.05. The molecule has 0 saturated heterocycles. The minimum Gasteiger partial charge on any atom is -0.383 e. The van der Waals surface area contributed by atoms with E-state index in [4.69, 9.17) is 8.92 Å². The highest BCUT2D eigenvalue weighted by atomic mass is 32.2. The standard InChI is InChI=1S/C27H30F3NO6S2/c1-26(2,3)21-11-13-24(14-12-21)38(32,33)31(15-16-36-4)19-20-7-5-9-23(17-20)37-39(34,35)25-10-6-8-22(18-25)27(28,29)30/h5-14,17-18H,15-16,19H2,1-4H3. The second-order valence-electron chi connectivity index (χ2n) is 9.82. The molecule has 0 aliphatic heterocycles. The average molecular weight is 586 g/mol. The Kier molecular flexibility index (Phi) is 9.16. The minimum atomic E-state index is -4.73. The van der Waals surface area contributed by atoms with Crippen LogP contribution in [0.5, 0.6) is 5.75 Å². The lowest BCUT2D eigenvalue weighted by atomic mass is 9.87. The van der Waals surface area contributed by atoms with E-state index >= 15 is 0 Å². The minimum absolute atomic E-state index is 0.0213. The highest BCUT2D eigenvalue weighted by Crippen LogP contribution is 2.31. The van der Waals surface area contributed by atoms with Crippen molar-refractivity contribution in [1.82, 2.24) is 4.31 Å². The molecular formula is C27H30F3NO6S2. The zero-order chi connectivity index (χ0) is 29.1. The first-order chi connectivity index (χ1) is 18.0. The van der Waals surface area contributed by atoms with Gasteiger partial charge in [0.05, 0.1) is 17.1 Å². The van der Waals surface area contributed by atoms with Crippen molar-refractivity contribution in [1.29, 1.82) is 0 Å². The number of halogens is 3. The number of methoxy groups -OCH3 is 1. The Bertz CT molecular complexity index is 1500. The van der Waals surface area contributed by atoms with Crippen LogP contribution in [0.3, 0.4) is 0 Å². The van der Waals surface area contributed by atoms with Crippen molar-refractivity contribution in [3.05, 3.63) is 89.5 Å². The molecule has 3 aromatic rings. The summed E-state index contributed by atoms with van der Waals surface area (Å²) in [5.41, 5.74) is 0.0808. The van der Waals surface area contributed by atoms with Gasteiger partial charge in [0.1, 0.15) is 10.6 Å². The van der Waals surface area contributed by atoms with Crippen molar-refractivity contribution in [2.75, 3.05) is 20.3 Å². The molecule has 0 radical (unpaired) electrons. The molecule has 0 heterocycles. The summed E-state index contributed by atoms with van der Waals surface area (Å²) in [6.07, 6.45) is -4.73. The maximum Gasteiger partial charge on any atom is 0.416 e. The third-order valence-corrected chi connectivity index (χ3v) is 8.92. The van der Waals surface area contributed by atoms with Crippen LogP contribution in [0.15, 0.2) is 82.6 Å². The Balaban J connectivity index is 1.87. The molecule has 212 valence electrons. The smallest absolute Gasteiger partial charge is 0.383 e. The third kappa shape index (κ3) is 7.81. The molecule has 0 bridgehead atoms. The van der Waals surface area contributed by atoms with Gasteiger partial charge >= 0.3 is 16.3 Å². The Morgan fingerprint density at radius 3 is 2.03 bits per heavy atom. The van der Waals surface area contributed by atoms with Crippen LogP contribution in [-0.2, 0) is 43.0 Å². The van der Waals surface area contributed by atoms with E-state index in [1.165, 1.54) is 41.7 Å². The maximum absolute atomic E-state index is 13.5. The predicted octanol–water partition coefficient (Wildman–Crippen LogP) is 5.61. The van der Waals surface area contributed by atoms with Gasteiger partial charge in [-0.25, -0.2) is 8.42 Å². The Morgan fingerprint density at radius 2 is 1.44 bits per heavy atom. The average Bonchev–Trinajstić information content (AvgIpc) is 2.85. The van der Waals surface area contributed by atoms with E-state index in [9.17, 15) is 30.0 Å². The van der Waals surface area contributed by atoms with Gasteiger partial charge in [0.25, 0.3) is 0 Å². The number of alkyl halides is 3. The van der Waals surface area contributed by atoms with Crippen LogP contribution < -0.4 is 4.18 Å². The molecule has 3 aromatic carbocycles. The Morgan fingerprint density at radius 1 is 0.795 bits per heavy atom. The van der Waals surface area contributed by atoms with Gasteiger partial charge < -0.3 is 8.92 Å². The second-order valence-corrected chi connectivity index (χ2v) is 13.3. The largest absolute Gasteiger partial charge is 0.416 e. The van der Waals surface area contributed by atoms with Crippen LogP contribution >= 0.6 is 0 Å². The van der Waals surface area contributed by atoms with Crippen molar-refractivity contribution in [2.45, 2.75) is 48.7 Å². The molecular weight excluding hydrogens is 555 g/mol. The molecule has 3 rings (SSSR count). The molecule has 0 aliphatic carbocycles. The number of rotatable bonds is 10. The third-order valence-electron chi connectivity index (χ3n) is 5.82. The molecule has 7 nitrogen and oxygen atoms in total. The first-order valence-electron chi connectivity index (χ1n) is 11.8. The molecule has 12 heteroatoms. The Labute approximate surface area is 227 Å². The second kappa shape index (κ2) is 11.7. The van der Waals surface area contributed by atoms with Crippen LogP contribution in [0.4, 0.5) is 13.2 Å². The zero-order valence-corrected chi connectivity index (χ0v) is 23.5. The molecule has 0 aromatic heterocycles. The molecule has 0 N–H and O–H groups in total. The number of nitrogens with zero attached hydrogens (tertiary/aromatic N) is 1. The van der Waals surface area contributed by atoms with Gasteiger partial charge in [-0.2, -0.15) is 25.9 Å². The van der Waals surface area contributed by atoms with Gasteiger partial charge in [-0.15, -0.1) is 0 Å². The summed E-state index contributed by atoms with van der Waals surface area (Å²) in [7, 11) is -7.11. The molecule has 0 amide bonds. The fourth-order valence-corrected chi connectivity index (χ4v) is 6.04. The number of ether oxygens (including phenoxy) is 1. The molecule has 0 unspecified atom stereocenters. The zero-order valence-electron chi connectivity index (χ0n) is 21.9. The van der Waals surface area contributed by atoms with Crippen molar-refractivity contribution < 1.29 is 38.9 Å². The quantitative estimate of drug-likeness (QED) is 0.288. The summed E-state index contributed by atoms with van der Waals surface area (Å²) >= 11 is 0. The van der Waals surface area contributed by atoms with E-state index < -0.39 is 36.8 Å². The number of benzene rings is 3. The predicted molar refractivity (Wildman–Crippen MR) is 140 cm³/mol. The number of hydrogen-bond donors (Lipinski definition) is 0. The molecule has 0 spiro atoms. The molecule has 0 saturated carbocycles. The fourth-order valence-electron chi connectivity index (χ4n) is 3.66. The number of hydrogen-bond acceptors (Lipinski definition) is 6. The SMILES string of the molecule is COCCN(Cc1cccc(OS(=O)(=O)c2cccc(C(F)(F)F)c2)c1)S(=O)(=O)c1ccc(C(C)(C)C)cc1. The first kappa shape index (κ1) is 30.6. The molecule has 0 atom stereocenters. The lowest BCUT2D eigenvalue weighted by Gasteiger charge is -2.23. The highest BCUT2D eigenvalue weighted by molar-refractivity contribution is 7.89. The van der Waals surface area contributed by atoms with E-state index in [2.05, 4.69) is 0 Å². The van der Waals surface area contributed by atoms with Crippen molar-refractivity contribution >= 4 is 20.1 Å². The van der Waals surface area contributed by atoms with Crippen molar-refractivity contribution in [3.8, 4) is 5.75 Å². The highest BCUT2D eigenvalue weighted by Gasteiger charge is 2.32. The monoisotopic (exact) mass is 585 g/mol. The summed E-state index contributed by atoms with van der Waals surface area (Å²) in [5.74, 6) is -0.177. The maximum atomic E-state index is 13.5. The van der Waals surface area contributed by atoms with E-state index in [0.29, 0.717) is 11.6 Å². The fraction of sp³-hybridized carbons (Fsp3) is 0.333. The first-order valence-corrected chi connectivity index (χ1v) is 14.7. The van der Waals surface area contributed by atoms with Crippen LogP contribution in [0.25, 0.3) is 0 Å². The normalized spacial score (nSPS) is 13.0. The Hall–Kier alpha value is -2.93. The van der Waals surface area contributed by atoms with Crippen LogP contribution in [0.2, 0.25) is 0 Å². The van der Waals surface area contributed by atoms with Gasteiger partial charge in [0.2, 0.25) is 10.0 Å². The van der Waals surface area contributed by atoms with Crippen molar-refractivity contribution in [3.63, 3.8) is 0 Å². The molecule has 0 aliphatic rings. The van der Waals surface area contributed by atoms with Gasteiger partial charge in [0.15, 0.2) is 0 Å². The van der Waals surface area contributed by atoms with E-state index in [1.807, 2.05) is 20.8 Å². The van der Waals surface area contributed by atoms with Crippen LogP contribution in [0, 0.1) is 0 Å². The van der Waals surface area contributed by atoms with E-state index in [1.54, 1.807) is 18.2 Å².